The summed E-state index contributed by atoms with van der Waals surface area (Å²) in [5.74, 6) is 1.23. The molecule has 3 aromatic rings. The van der Waals surface area contributed by atoms with Crippen LogP contribution in [-0.4, -0.2) is 39.9 Å². The van der Waals surface area contributed by atoms with Crippen molar-refractivity contribution < 1.29 is 9.53 Å². The number of hydrogen-bond acceptors (Lipinski definition) is 7. The second-order valence-corrected chi connectivity index (χ2v) is 8.82. The Bertz CT molecular complexity index is 914. The molecule has 2 aromatic carbocycles. The van der Waals surface area contributed by atoms with Gasteiger partial charge in [0.05, 0.1) is 12.9 Å². The zero-order valence-electron chi connectivity index (χ0n) is 16.7. The normalized spacial score (nSPS) is 10.8. The van der Waals surface area contributed by atoms with Crippen LogP contribution in [0.4, 0.5) is 10.8 Å². The zero-order chi connectivity index (χ0) is 20.6. The van der Waals surface area contributed by atoms with Gasteiger partial charge in [0.1, 0.15) is 5.75 Å². The average molecular weight is 429 g/mol. The van der Waals surface area contributed by atoms with Crippen molar-refractivity contribution in [1.82, 2.24) is 15.1 Å². The average Bonchev–Trinajstić information content (AvgIpc) is 3.18. The van der Waals surface area contributed by atoms with Crippen LogP contribution in [0.1, 0.15) is 19.4 Å². The molecule has 0 saturated heterocycles. The van der Waals surface area contributed by atoms with Crippen LogP contribution in [-0.2, 0) is 11.3 Å². The van der Waals surface area contributed by atoms with Crippen molar-refractivity contribution in [2.75, 3.05) is 18.2 Å². The first-order valence-corrected chi connectivity index (χ1v) is 11.1. The highest BCUT2D eigenvalue weighted by Gasteiger charge is 2.18. The number of amides is 1. The molecule has 29 heavy (non-hydrogen) atoms. The molecule has 152 valence electrons. The van der Waals surface area contributed by atoms with Gasteiger partial charge >= 0.3 is 0 Å². The summed E-state index contributed by atoms with van der Waals surface area (Å²) in [5, 5.41) is 12.2. The third-order valence-electron chi connectivity index (χ3n) is 4.21. The van der Waals surface area contributed by atoms with E-state index in [2.05, 4.69) is 15.5 Å². The molecule has 1 aromatic heterocycles. The molecule has 8 heteroatoms. The molecule has 0 spiro atoms. The molecule has 0 bridgehead atoms. The summed E-state index contributed by atoms with van der Waals surface area (Å²) in [6, 6.07) is 17.8. The topological polar surface area (TPSA) is 67.3 Å². The van der Waals surface area contributed by atoms with Crippen molar-refractivity contribution in [3.05, 3.63) is 60.2 Å². The summed E-state index contributed by atoms with van der Waals surface area (Å²) in [6.07, 6.45) is 0. The Labute approximate surface area is 179 Å². The Morgan fingerprint density at radius 2 is 1.86 bits per heavy atom. The molecule has 0 saturated carbocycles. The molecule has 0 radical (unpaired) electrons. The molecule has 0 unspecified atom stereocenters. The van der Waals surface area contributed by atoms with Crippen molar-refractivity contribution in [2.45, 2.75) is 30.8 Å². The standard InChI is InChI=1S/C21H24N4O2S2/c1-15(2)25(13-16-7-5-4-6-8-16)19(26)14-28-21-24-23-20(29-21)22-17-9-11-18(27-3)12-10-17/h4-12,15H,13-14H2,1-3H3,(H,22,23). The van der Waals surface area contributed by atoms with Gasteiger partial charge in [0.2, 0.25) is 11.0 Å². The number of rotatable bonds is 9. The molecule has 1 amide bonds. The Balaban J connectivity index is 1.55. The first-order chi connectivity index (χ1) is 14.0. The van der Waals surface area contributed by atoms with Gasteiger partial charge in [-0.05, 0) is 43.7 Å². The summed E-state index contributed by atoms with van der Waals surface area (Å²) < 4.78 is 5.92. The summed E-state index contributed by atoms with van der Waals surface area (Å²) in [6.45, 7) is 4.68. The number of anilines is 2. The minimum atomic E-state index is 0.0914. The quantitative estimate of drug-likeness (QED) is 0.493. The first kappa shape index (κ1) is 21.1. The minimum Gasteiger partial charge on any atom is -0.497 e. The van der Waals surface area contributed by atoms with Gasteiger partial charge in [-0.25, -0.2) is 0 Å². The first-order valence-electron chi connectivity index (χ1n) is 9.26. The molecule has 0 atom stereocenters. The number of hydrogen-bond donors (Lipinski definition) is 1. The largest absolute Gasteiger partial charge is 0.497 e. The predicted molar refractivity (Wildman–Crippen MR) is 119 cm³/mol. The summed E-state index contributed by atoms with van der Waals surface area (Å²) in [5.41, 5.74) is 2.03. The van der Waals surface area contributed by atoms with Crippen LogP contribution in [0.3, 0.4) is 0 Å². The van der Waals surface area contributed by atoms with Crippen LogP contribution < -0.4 is 10.1 Å². The Hall–Kier alpha value is -2.58. The molecule has 1 heterocycles. The Morgan fingerprint density at radius 1 is 1.14 bits per heavy atom. The molecule has 0 aliphatic carbocycles. The fraction of sp³-hybridized carbons (Fsp3) is 0.286. The number of methoxy groups -OCH3 is 1. The molecule has 0 aliphatic rings. The van der Waals surface area contributed by atoms with E-state index in [4.69, 9.17) is 4.74 Å². The predicted octanol–water partition coefficient (Wildman–Crippen LogP) is 4.82. The molecular formula is C21H24N4O2S2. The van der Waals surface area contributed by atoms with Crippen LogP contribution >= 0.6 is 23.1 Å². The number of aromatic nitrogens is 2. The lowest BCUT2D eigenvalue weighted by atomic mass is 10.2. The molecule has 0 aliphatic heterocycles. The van der Waals surface area contributed by atoms with Gasteiger partial charge in [0, 0.05) is 18.3 Å². The van der Waals surface area contributed by atoms with Crippen molar-refractivity contribution in [1.29, 1.82) is 0 Å². The third-order valence-corrected chi connectivity index (χ3v) is 6.16. The molecule has 0 fully saturated rings. The van der Waals surface area contributed by atoms with Crippen LogP contribution in [0.25, 0.3) is 0 Å². The van der Waals surface area contributed by atoms with Gasteiger partial charge < -0.3 is 15.0 Å². The van der Waals surface area contributed by atoms with Crippen LogP contribution in [0.2, 0.25) is 0 Å². The Morgan fingerprint density at radius 3 is 2.52 bits per heavy atom. The second-order valence-electron chi connectivity index (χ2n) is 6.62. The van der Waals surface area contributed by atoms with E-state index in [1.807, 2.05) is 73.3 Å². The number of benzene rings is 2. The number of thioether (sulfide) groups is 1. The summed E-state index contributed by atoms with van der Waals surface area (Å²) >= 11 is 2.85. The number of carbonyl (C=O) groups is 1. The van der Waals surface area contributed by atoms with E-state index in [1.165, 1.54) is 23.1 Å². The summed E-state index contributed by atoms with van der Waals surface area (Å²) in [7, 11) is 1.64. The van der Waals surface area contributed by atoms with Gasteiger partial charge in [0.25, 0.3) is 0 Å². The van der Waals surface area contributed by atoms with Gasteiger partial charge in [-0.2, -0.15) is 0 Å². The number of carbonyl (C=O) groups excluding carboxylic acids is 1. The van der Waals surface area contributed by atoms with Gasteiger partial charge in [-0.1, -0.05) is 53.4 Å². The minimum absolute atomic E-state index is 0.0914. The second kappa shape index (κ2) is 10.3. The highest BCUT2D eigenvalue weighted by molar-refractivity contribution is 8.01. The van der Waals surface area contributed by atoms with Crippen LogP contribution in [0, 0.1) is 0 Å². The van der Waals surface area contributed by atoms with Crippen LogP contribution in [0.5, 0.6) is 5.75 Å². The van der Waals surface area contributed by atoms with Gasteiger partial charge in [-0.15, -0.1) is 10.2 Å². The maximum atomic E-state index is 12.8. The maximum Gasteiger partial charge on any atom is 0.233 e. The van der Waals surface area contributed by atoms with Crippen molar-refractivity contribution in [3.8, 4) is 5.75 Å². The van der Waals surface area contributed by atoms with Crippen molar-refractivity contribution >= 4 is 39.8 Å². The van der Waals surface area contributed by atoms with E-state index < -0.39 is 0 Å². The van der Waals surface area contributed by atoms with Crippen molar-refractivity contribution in [3.63, 3.8) is 0 Å². The monoisotopic (exact) mass is 428 g/mol. The van der Waals surface area contributed by atoms with E-state index in [0.29, 0.717) is 17.4 Å². The summed E-state index contributed by atoms with van der Waals surface area (Å²) in [4.78, 5) is 14.6. The van der Waals surface area contributed by atoms with E-state index >= 15 is 0 Å². The lowest BCUT2D eigenvalue weighted by Crippen LogP contribution is -2.37. The highest BCUT2D eigenvalue weighted by atomic mass is 32.2. The number of ether oxygens (including phenoxy) is 1. The van der Waals surface area contributed by atoms with Gasteiger partial charge in [0.15, 0.2) is 4.34 Å². The zero-order valence-corrected chi connectivity index (χ0v) is 18.3. The van der Waals surface area contributed by atoms with E-state index in [-0.39, 0.29) is 11.9 Å². The molecule has 3 rings (SSSR count). The molecular weight excluding hydrogens is 404 g/mol. The smallest absolute Gasteiger partial charge is 0.233 e. The fourth-order valence-corrected chi connectivity index (χ4v) is 4.32. The lowest BCUT2D eigenvalue weighted by Gasteiger charge is -2.26. The SMILES string of the molecule is COc1ccc(Nc2nnc(SCC(=O)N(Cc3ccccc3)C(C)C)s2)cc1. The highest BCUT2D eigenvalue weighted by Crippen LogP contribution is 2.28. The maximum absolute atomic E-state index is 12.8. The lowest BCUT2D eigenvalue weighted by molar-refractivity contribution is -0.130. The molecule has 6 nitrogen and oxygen atoms in total. The Kier molecular flexibility index (Phi) is 7.48. The number of nitrogens with one attached hydrogen (secondary N) is 1. The number of nitrogens with zero attached hydrogens (tertiary/aromatic N) is 3. The van der Waals surface area contributed by atoms with E-state index in [0.717, 1.165) is 21.3 Å². The third kappa shape index (κ3) is 6.20. The van der Waals surface area contributed by atoms with Crippen LogP contribution in [0.15, 0.2) is 58.9 Å². The van der Waals surface area contributed by atoms with E-state index in [9.17, 15) is 4.79 Å². The van der Waals surface area contributed by atoms with Crippen molar-refractivity contribution in [2.24, 2.45) is 0 Å². The fourth-order valence-electron chi connectivity index (χ4n) is 2.66. The van der Waals surface area contributed by atoms with Gasteiger partial charge in [-0.3, -0.25) is 4.79 Å². The van der Waals surface area contributed by atoms with E-state index in [1.54, 1.807) is 7.11 Å². The molecule has 1 N–H and O–H groups in total.